The molecular weight excluding hydrogens is 1900 g/mol. The Morgan fingerprint density at radius 2 is 0.630 bits per heavy atom. The van der Waals surface area contributed by atoms with Gasteiger partial charge < -0.3 is 66.4 Å². The zero-order chi connectivity index (χ0) is 103. The first kappa shape index (κ1) is 102. The third-order valence-electron chi connectivity index (χ3n) is 25.8. The van der Waals surface area contributed by atoms with Gasteiger partial charge in [-0.25, -0.2) is 35.1 Å². The summed E-state index contributed by atoms with van der Waals surface area (Å²) in [6.07, 6.45) is 7.03. The molecule has 0 radical (unpaired) electrons. The average Bonchev–Trinajstić information content (AvgIpc) is 1.63. The number of thiophene rings is 1. The number of Topliss-reactive ketones (excluding diaryl/α,β-unsaturated/α-hetero) is 5. The van der Waals surface area contributed by atoms with Crippen LogP contribution in [0.5, 0.6) is 34.5 Å². The Morgan fingerprint density at radius 3 is 0.979 bits per heavy atom. The second-order valence-electron chi connectivity index (χ2n) is 35.6. The number of phenolic OH excluding ortho intramolecular Hbond substituents is 5. The van der Waals surface area contributed by atoms with Crippen LogP contribution in [0.2, 0.25) is 0 Å². The maximum atomic E-state index is 13.9. The number of furan rings is 3. The van der Waals surface area contributed by atoms with Crippen LogP contribution in [-0.2, 0) is 64.8 Å². The summed E-state index contributed by atoms with van der Waals surface area (Å²) in [7, 11) is 1.64. The van der Waals surface area contributed by atoms with Crippen LogP contribution in [0.15, 0.2) is 304 Å². The number of halogens is 8. The molecule has 20 aromatic rings. The third kappa shape index (κ3) is 23.9. The first-order valence-electron chi connectivity index (χ1n) is 47.1. The summed E-state index contributed by atoms with van der Waals surface area (Å²) < 4.78 is 139. The molecule has 19 nitrogen and oxygen atoms in total. The van der Waals surface area contributed by atoms with Crippen molar-refractivity contribution in [2.24, 2.45) is 0 Å². The molecular formula is C118H101F8N5O14S. The van der Waals surface area contributed by atoms with Gasteiger partial charge in [0.05, 0.1) is 52.1 Å². The molecule has 0 aliphatic carbocycles. The number of aromatic nitrogens is 5. The van der Waals surface area contributed by atoms with Gasteiger partial charge in [-0.3, -0.25) is 24.0 Å². The number of hydrogen-bond acceptors (Lipinski definition) is 15. The number of carbonyl (C=O) groups excluding carboxylic acids is 5. The maximum Gasteiger partial charge on any atom is 0.165 e. The summed E-state index contributed by atoms with van der Waals surface area (Å²) in [6, 6.07) is 71.4. The van der Waals surface area contributed by atoms with Crippen LogP contribution < -0.4 is 4.74 Å². The van der Waals surface area contributed by atoms with Gasteiger partial charge in [-0.05, 0) is 306 Å². The minimum absolute atomic E-state index is 0.0245. The molecule has 0 bridgehead atoms. The SMILES string of the molecule is COc1cccc(CCC(=O)c2c(C)n(Cc3ccccc3)c3ccc(O)cc23)c1.Cc1c(C(=O)CCc2cc(F)cc(F)c2)c2cc(O)ccc2n1Cc1ccco1.Cc1c(C(=O)CCc2cc(F)cc(F)c2)c2cc(O)ccc2n1Cc1cccs1.Cc1c(C(=O)CCc2cc(F)ccc2F)c2cc(O)ccc2n1Cc1ccco1.Cc1c(C(=O)CCc2ccc(F)c(F)c2)c2cc(O)ccc2n1Cc1ccco1. The molecule has 28 heteroatoms. The van der Waals surface area contributed by atoms with Crippen molar-refractivity contribution in [3.05, 3.63) is 449 Å². The van der Waals surface area contributed by atoms with Crippen LogP contribution in [0.1, 0.15) is 168 Å². The number of methoxy groups -OCH3 is 1. The minimum atomic E-state index is -0.925. The van der Waals surface area contributed by atoms with Crippen molar-refractivity contribution in [1.82, 2.24) is 22.8 Å². The molecule has 0 saturated carbocycles. The number of ketones is 5. The molecule has 744 valence electrons. The van der Waals surface area contributed by atoms with Crippen molar-refractivity contribution in [3.63, 3.8) is 0 Å². The zero-order valence-electron chi connectivity index (χ0n) is 80.4. The van der Waals surface area contributed by atoms with E-state index >= 15 is 0 Å². The Labute approximate surface area is 837 Å². The predicted octanol–water partition coefficient (Wildman–Crippen LogP) is 27.6. The van der Waals surface area contributed by atoms with Gasteiger partial charge >= 0.3 is 0 Å². The Bertz CT molecular complexity index is 7950. The molecule has 5 N–H and O–H groups in total. The molecule has 0 amide bonds. The topological polar surface area (TPSA) is 260 Å². The van der Waals surface area contributed by atoms with E-state index in [2.05, 4.69) is 21.3 Å². The number of phenols is 5. The van der Waals surface area contributed by atoms with E-state index in [9.17, 15) is 84.6 Å². The molecule has 0 aliphatic rings. The van der Waals surface area contributed by atoms with Crippen molar-refractivity contribution in [2.45, 2.75) is 132 Å². The van der Waals surface area contributed by atoms with Crippen LogP contribution >= 0.6 is 11.3 Å². The van der Waals surface area contributed by atoms with E-state index in [1.165, 1.54) is 35.9 Å². The fourth-order valence-electron chi connectivity index (χ4n) is 18.8. The minimum Gasteiger partial charge on any atom is -0.508 e. The van der Waals surface area contributed by atoms with Gasteiger partial charge in [-0.2, -0.15) is 0 Å². The highest BCUT2D eigenvalue weighted by molar-refractivity contribution is 7.09. The molecule has 0 saturated heterocycles. The van der Waals surface area contributed by atoms with Gasteiger partial charge in [0.15, 0.2) is 40.6 Å². The van der Waals surface area contributed by atoms with Gasteiger partial charge in [-0.15, -0.1) is 11.3 Å². The number of ether oxygens (including phenoxy) is 1. The Balaban J connectivity index is 0.000000131. The number of benzene rings is 11. The monoisotopic (exact) mass is 2000 g/mol. The molecule has 0 aliphatic heterocycles. The summed E-state index contributed by atoms with van der Waals surface area (Å²) in [5.41, 5.74) is 14.8. The average molecular weight is 2000 g/mol. The summed E-state index contributed by atoms with van der Waals surface area (Å²) in [4.78, 5) is 66.6. The van der Waals surface area contributed by atoms with Gasteiger partial charge in [0.2, 0.25) is 0 Å². The van der Waals surface area contributed by atoms with Gasteiger partial charge in [0.25, 0.3) is 0 Å². The summed E-state index contributed by atoms with van der Waals surface area (Å²) in [6.45, 7) is 12.0. The number of fused-ring (bicyclic) bond motifs is 5. The Hall–Kier alpha value is -16.8. The summed E-state index contributed by atoms with van der Waals surface area (Å²) >= 11 is 1.64. The van der Waals surface area contributed by atoms with Crippen molar-refractivity contribution in [3.8, 4) is 34.5 Å². The molecule has 0 spiro atoms. The highest BCUT2D eigenvalue weighted by atomic mass is 32.1. The van der Waals surface area contributed by atoms with Gasteiger partial charge in [-0.1, -0.05) is 54.6 Å². The Morgan fingerprint density at radius 1 is 0.288 bits per heavy atom. The van der Waals surface area contributed by atoms with E-state index in [0.717, 1.165) is 137 Å². The van der Waals surface area contributed by atoms with Crippen molar-refractivity contribution in [2.75, 3.05) is 7.11 Å². The maximum absolute atomic E-state index is 13.9. The summed E-state index contributed by atoms with van der Waals surface area (Å²) in [5.74, 6) is -2.58. The fourth-order valence-corrected chi connectivity index (χ4v) is 19.5. The lowest BCUT2D eigenvalue weighted by Gasteiger charge is -2.09. The van der Waals surface area contributed by atoms with Crippen LogP contribution in [0.4, 0.5) is 35.1 Å². The lowest BCUT2D eigenvalue weighted by atomic mass is 10.00. The first-order chi connectivity index (χ1) is 70.3. The van der Waals surface area contributed by atoms with E-state index < -0.39 is 46.5 Å². The lowest BCUT2D eigenvalue weighted by molar-refractivity contribution is 0.0975. The van der Waals surface area contributed by atoms with Crippen molar-refractivity contribution >= 4 is 94.8 Å². The molecule has 20 rings (SSSR count). The normalized spacial score (nSPS) is 11.2. The number of rotatable bonds is 31. The highest BCUT2D eigenvalue weighted by Gasteiger charge is 2.29. The van der Waals surface area contributed by atoms with Gasteiger partial charge in [0, 0.05) is 166 Å². The molecule has 0 unspecified atom stereocenters. The number of aromatic hydroxyl groups is 5. The second-order valence-corrected chi connectivity index (χ2v) is 36.6. The standard InChI is InChI=1S/C26H25NO3.3C23H19F2NO3.C23H19F2NO2S/c1-18-26(25(29)14-11-19-9-6-10-22(15-19)30-2)23-16-21(28)12-13-24(23)27(18)17-20-7-4-3-5-8-20;1-14-23(22(28)9-4-15-11-16(24)5-7-20(15)25)19-12-17(27)6-8-21(19)26(14)13-18-3-2-10-29-18;1-14-23(22(28)9-5-15-4-7-19(24)20(25)11-15)18-12-16(27)6-8-21(18)26(14)13-17-3-2-10-29-17;2*1-14-23(22(28)7-4-15-9-16(24)11-17(25)10-15)20-12-18(27)5-6-21(20)26(14)13-19-3-2-8-29-19/h3-10,12-13,15-16,28H,11,14,17H2,1-2H3;2-3,5-8,10-12,27H,4,9,13H2,1H3;2-4,6-8,10-12,27H,5,9,13H2,1H3;2*2-3,5-6,8-12,27H,4,7,13H2,1H3. The van der Waals surface area contributed by atoms with Gasteiger partial charge in [0.1, 0.15) is 86.7 Å². The van der Waals surface area contributed by atoms with E-state index in [-0.39, 0.29) is 108 Å². The van der Waals surface area contributed by atoms with Crippen LogP contribution in [0, 0.1) is 81.2 Å². The lowest BCUT2D eigenvalue weighted by Crippen LogP contribution is -2.06. The van der Waals surface area contributed by atoms with E-state index in [1.54, 1.807) is 134 Å². The number of hydrogen-bond donors (Lipinski definition) is 5. The first-order valence-corrected chi connectivity index (χ1v) is 48.0. The molecule has 0 fully saturated rings. The molecule has 11 aromatic carbocycles. The Kier molecular flexibility index (Phi) is 32.0. The van der Waals surface area contributed by atoms with Crippen LogP contribution in [-0.4, -0.2) is 84.4 Å². The third-order valence-corrected chi connectivity index (χ3v) is 26.7. The summed E-state index contributed by atoms with van der Waals surface area (Å²) in [5, 5.41) is 55.3. The van der Waals surface area contributed by atoms with Crippen molar-refractivity contribution < 1.29 is 103 Å². The largest absolute Gasteiger partial charge is 0.508 e. The van der Waals surface area contributed by atoms with E-state index in [4.69, 9.17) is 18.0 Å². The quantitative estimate of drug-likeness (QED) is 0.0200. The van der Waals surface area contributed by atoms with Crippen LogP contribution in [0.3, 0.4) is 0 Å². The van der Waals surface area contributed by atoms with Crippen LogP contribution in [0.25, 0.3) is 54.5 Å². The van der Waals surface area contributed by atoms with E-state index in [1.807, 2.05) is 139 Å². The van der Waals surface area contributed by atoms with E-state index in [0.29, 0.717) is 118 Å². The number of aryl methyl sites for hydroxylation is 5. The molecule has 9 heterocycles. The molecule has 0 atom stereocenters. The predicted molar refractivity (Wildman–Crippen MR) is 546 cm³/mol. The fraction of sp³-hybridized carbons (Fsp3) is 0.178. The number of nitrogens with zero attached hydrogens (tertiary/aromatic N) is 5. The second kappa shape index (κ2) is 45.7. The highest BCUT2D eigenvalue weighted by Crippen LogP contribution is 2.39. The van der Waals surface area contributed by atoms with Crippen molar-refractivity contribution in [1.29, 1.82) is 0 Å². The zero-order valence-corrected chi connectivity index (χ0v) is 81.2. The number of carbonyl (C=O) groups is 5. The smallest absolute Gasteiger partial charge is 0.165 e. The molecule has 9 aromatic heterocycles. The molecule has 146 heavy (non-hydrogen) atoms.